The van der Waals surface area contributed by atoms with Crippen LogP contribution in [0.3, 0.4) is 0 Å². The number of nitrogens with zero attached hydrogens (tertiary/aromatic N) is 1. The van der Waals surface area contributed by atoms with E-state index in [1.54, 1.807) is 47.5 Å². The summed E-state index contributed by atoms with van der Waals surface area (Å²) in [6.07, 6.45) is 4.37. The lowest BCUT2D eigenvalue weighted by Crippen LogP contribution is -2.29. The monoisotopic (exact) mass is 339 g/mol. The number of aromatic hydroxyl groups is 1. The SMILES string of the molecule is CC=CC1C(C=O)=C(c2ccccc2F)ON1Cc1ccc(O)cc1. The topological polar surface area (TPSA) is 49.8 Å². The Morgan fingerprint density at radius 3 is 2.56 bits per heavy atom. The van der Waals surface area contributed by atoms with Crippen molar-refractivity contribution in [2.24, 2.45) is 0 Å². The first kappa shape index (κ1) is 16.9. The summed E-state index contributed by atoms with van der Waals surface area (Å²) in [6.45, 7) is 2.23. The lowest BCUT2D eigenvalue weighted by Gasteiger charge is -2.21. The van der Waals surface area contributed by atoms with Crippen molar-refractivity contribution in [2.75, 3.05) is 0 Å². The number of phenols is 1. The molecule has 0 saturated carbocycles. The molecule has 0 saturated heterocycles. The first-order valence-electron chi connectivity index (χ1n) is 7.93. The number of benzene rings is 2. The molecule has 2 aromatic carbocycles. The number of hydroxylamine groups is 2. The van der Waals surface area contributed by atoms with Crippen LogP contribution in [-0.2, 0) is 16.2 Å². The minimum atomic E-state index is -0.442. The average Bonchev–Trinajstić information content (AvgIpc) is 2.95. The summed E-state index contributed by atoms with van der Waals surface area (Å²) in [6, 6.07) is 12.5. The van der Waals surface area contributed by atoms with Gasteiger partial charge in [-0.3, -0.25) is 4.79 Å². The molecule has 25 heavy (non-hydrogen) atoms. The van der Waals surface area contributed by atoms with Crippen molar-refractivity contribution in [1.82, 2.24) is 5.06 Å². The average molecular weight is 339 g/mol. The second-order valence-corrected chi connectivity index (χ2v) is 5.69. The van der Waals surface area contributed by atoms with Gasteiger partial charge in [-0.2, -0.15) is 0 Å². The van der Waals surface area contributed by atoms with E-state index in [4.69, 9.17) is 4.84 Å². The normalized spacial score (nSPS) is 17.9. The van der Waals surface area contributed by atoms with Gasteiger partial charge in [0.1, 0.15) is 11.6 Å². The summed E-state index contributed by atoms with van der Waals surface area (Å²) in [5.41, 5.74) is 1.53. The van der Waals surface area contributed by atoms with Gasteiger partial charge in [0.05, 0.1) is 23.7 Å². The number of phenolic OH excluding ortho intramolecular Hbond substituents is 1. The van der Waals surface area contributed by atoms with Crippen LogP contribution in [0.5, 0.6) is 5.75 Å². The Balaban J connectivity index is 1.96. The molecule has 4 nitrogen and oxygen atoms in total. The van der Waals surface area contributed by atoms with E-state index in [9.17, 15) is 14.3 Å². The molecule has 128 valence electrons. The molecule has 5 heteroatoms. The van der Waals surface area contributed by atoms with Crippen molar-refractivity contribution in [3.8, 4) is 5.75 Å². The smallest absolute Gasteiger partial charge is 0.166 e. The van der Waals surface area contributed by atoms with Crippen molar-refractivity contribution in [1.29, 1.82) is 0 Å². The zero-order valence-corrected chi connectivity index (χ0v) is 13.7. The molecular formula is C20H18FNO3. The fourth-order valence-electron chi connectivity index (χ4n) is 2.78. The third kappa shape index (κ3) is 3.46. The Morgan fingerprint density at radius 2 is 1.92 bits per heavy atom. The molecule has 0 aromatic heterocycles. The van der Waals surface area contributed by atoms with E-state index in [1.807, 2.05) is 19.1 Å². The van der Waals surface area contributed by atoms with Crippen LogP contribution in [0.4, 0.5) is 4.39 Å². The molecular weight excluding hydrogens is 321 g/mol. The predicted molar refractivity (Wildman–Crippen MR) is 92.7 cm³/mol. The van der Waals surface area contributed by atoms with Crippen molar-refractivity contribution in [3.63, 3.8) is 0 Å². The van der Waals surface area contributed by atoms with E-state index in [1.165, 1.54) is 6.07 Å². The van der Waals surface area contributed by atoms with Crippen LogP contribution in [0, 0.1) is 5.82 Å². The molecule has 0 aliphatic carbocycles. The maximum atomic E-state index is 14.2. The van der Waals surface area contributed by atoms with Gasteiger partial charge in [0.2, 0.25) is 0 Å². The summed E-state index contributed by atoms with van der Waals surface area (Å²) < 4.78 is 14.2. The maximum absolute atomic E-state index is 14.2. The molecule has 1 unspecified atom stereocenters. The van der Waals surface area contributed by atoms with Crippen molar-refractivity contribution >= 4 is 12.0 Å². The fourth-order valence-corrected chi connectivity index (χ4v) is 2.78. The third-order valence-electron chi connectivity index (χ3n) is 3.99. The van der Waals surface area contributed by atoms with E-state index < -0.39 is 11.9 Å². The molecule has 0 fully saturated rings. The molecule has 1 heterocycles. The quantitative estimate of drug-likeness (QED) is 0.664. The fraction of sp³-hybridized carbons (Fsp3) is 0.150. The predicted octanol–water partition coefficient (Wildman–Crippen LogP) is 3.83. The largest absolute Gasteiger partial charge is 0.508 e. The lowest BCUT2D eigenvalue weighted by molar-refractivity contribution is -0.107. The van der Waals surface area contributed by atoms with Crippen LogP contribution in [0.25, 0.3) is 5.76 Å². The second-order valence-electron chi connectivity index (χ2n) is 5.69. The Morgan fingerprint density at radius 1 is 1.20 bits per heavy atom. The Bertz CT molecular complexity index is 827. The molecule has 2 aromatic rings. The highest BCUT2D eigenvalue weighted by molar-refractivity contribution is 5.89. The van der Waals surface area contributed by atoms with Crippen molar-refractivity contribution in [3.05, 3.63) is 83.2 Å². The number of carbonyl (C=O) groups is 1. The highest BCUT2D eigenvalue weighted by Gasteiger charge is 2.35. The standard InChI is InChI=1S/C20H18FNO3/c1-2-5-19-17(13-23)20(16-6-3-4-7-18(16)21)25-22(19)12-14-8-10-15(24)11-9-14/h2-11,13,19,24H,12H2,1H3. The summed E-state index contributed by atoms with van der Waals surface area (Å²) in [4.78, 5) is 17.5. The van der Waals surface area contributed by atoms with Gasteiger partial charge in [-0.05, 0) is 36.8 Å². The number of carbonyl (C=O) groups excluding carboxylic acids is 1. The van der Waals surface area contributed by atoms with E-state index in [0.717, 1.165) is 5.56 Å². The van der Waals surface area contributed by atoms with E-state index in [-0.39, 0.29) is 17.1 Å². The van der Waals surface area contributed by atoms with Gasteiger partial charge in [0, 0.05) is 0 Å². The van der Waals surface area contributed by atoms with E-state index in [0.29, 0.717) is 18.4 Å². The van der Waals surface area contributed by atoms with Gasteiger partial charge in [0.25, 0.3) is 0 Å². The van der Waals surface area contributed by atoms with Crippen LogP contribution < -0.4 is 0 Å². The summed E-state index contributed by atoms with van der Waals surface area (Å²) >= 11 is 0. The zero-order valence-electron chi connectivity index (χ0n) is 13.7. The number of halogens is 1. The number of hydrogen-bond donors (Lipinski definition) is 1. The molecule has 0 spiro atoms. The van der Waals surface area contributed by atoms with Gasteiger partial charge in [-0.25, -0.2) is 4.39 Å². The minimum Gasteiger partial charge on any atom is -0.508 e. The molecule has 1 aliphatic rings. The van der Waals surface area contributed by atoms with Gasteiger partial charge in [-0.1, -0.05) is 36.4 Å². The lowest BCUT2D eigenvalue weighted by atomic mass is 10.0. The zero-order chi connectivity index (χ0) is 17.8. The first-order chi connectivity index (χ1) is 12.1. The van der Waals surface area contributed by atoms with Crippen molar-refractivity contribution in [2.45, 2.75) is 19.5 Å². The number of aldehydes is 1. The molecule has 1 atom stereocenters. The second kappa shape index (κ2) is 7.32. The van der Waals surface area contributed by atoms with Gasteiger partial charge < -0.3 is 9.94 Å². The molecule has 3 rings (SSSR count). The van der Waals surface area contributed by atoms with Gasteiger partial charge >= 0.3 is 0 Å². The maximum Gasteiger partial charge on any atom is 0.166 e. The van der Waals surface area contributed by atoms with Gasteiger partial charge in [0.15, 0.2) is 12.0 Å². The third-order valence-corrected chi connectivity index (χ3v) is 3.99. The van der Waals surface area contributed by atoms with Crippen molar-refractivity contribution < 1.29 is 19.1 Å². The van der Waals surface area contributed by atoms with E-state index >= 15 is 0 Å². The van der Waals surface area contributed by atoms with E-state index in [2.05, 4.69) is 0 Å². The summed E-state index contributed by atoms with van der Waals surface area (Å²) in [5.74, 6) is -0.0348. The Kier molecular flexibility index (Phi) is 4.95. The Hall–Kier alpha value is -2.92. The molecule has 1 aliphatic heterocycles. The molecule has 0 bridgehead atoms. The summed E-state index contributed by atoms with van der Waals surface area (Å²) in [7, 11) is 0. The minimum absolute atomic E-state index is 0.176. The van der Waals surface area contributed by atoms with Crippen LogP contribution in [0.1, 0.15) is 18.1 Å². The molecule has 0 amide bonds. The number of allylic oxidation sites excluding steroid dienone is 1. The molecule has 0 radical (unpaired) electrons. The number of rotatable bonds is 5. The summed E-state index contributed by atoms with van der Waals surface area (Å²) in [5, 5.41) is 11.0. The molecule has 1 N–H and O–H groups in total. The van der Waals surface area contributed by atoms with Crippen LogP contribution in [-0.4, -0.2) is 22.5 Å². The van der Waals surface area contributed by atoms with Crippen LogP contribution >= 0.6 is 0 Å². The highest BCUT2D eigenvalue weighted by atomic mass is 19.1. The first-order valence-corrected chi connectivity index (χ1v) is 7.93. The Labute approximate surface area is 145 Å². The van der Waals surface area contributed by atoms with Crippen LogP contribution in [0.2, 0.25) is 0 Å². The van der Waals surface area contributed by atoms with Crippen LogP contribution in [0.15, 0.2) is 66.3 Å². The number of hydrogen-bond acceptors (Lipinski definition) is 4. The highest BCUT2D eigenvalue weighted by Crippen LogP contribution is 2.35. The van der Waals surface area contributed by atoms with Gasteiger partial charge in [-0.15, -0.1) is 5.06 Å².